The van der Waals surface area contributed by atoms with E-state index in [1.165, 1.54) is 0 Å². The lowest BCUT2D eigenvalue weighted by Crippen LogP contribution is -2.46. The lowest BCUT2D eigenvalue weighted by Gasteiger charge is -2.33. The summed E-state index contributed by atoms with van der Waals surface area (Å²) in [6.45, 7) is 1.35. The van der Waals surface area contributed by atoms with E-state index >= 15 is 0 Å². The zero-order chi connectivity index (χ0) is 21.1. The molecule has 7 heteroatoms. The van der Waals surface area contributed by atoms with Gasteiger partial charge in [-0.2, -0.15) is 0 Å². The highest BCUT2D eigenvalue weighted by atomic mass is 35.5. The molecule has 0 N–H and O–H groups in total. The van der Waals surface area contributed by atoms with Crippen LogP contribution < -0.4 is 0 Å². The van der Waals surface area contributed by atoms with Crippen LogP contribution in [0.3, 0.4) is 0 Å². The molecule has 0 unspecified atom stereocenters. The van der Waals surface area contributed by atoms with Gasteiger partial charge >= 0.3 is 0 Å². The number of rotatable bonds is 6. The topological polar surface area (TPSA) is 66.7 Å². The first-order valence-corrected chi connectivity index (χ1v) is 10.5. The summed E-state index contributed by atoms with van der Waals surface area (Å²) in [5.74, 6) is 0.427. The van der Waals surface area contributed by atoms with Gasteiger partial charge in [0.25, 0.3) is 0 Å². The predicted molar refractivity (Wildman–Crippen MR) is 115 cm³/mol. The van der Waals surface area contributed by atoms with Crippen molar-refractivity contribution in [1.29, 1.82) is 0 Å². The number of benzene rings is 2. The van der Waals surface area contributed by atoms with Gasteiger partial charge in [0.2, 0.25) is 17.7 Å². The lowest BCUT2D eigenvalue weighted by atomic mass is 9.95. The second-order valence-corrected chi connectivity index (χ2v) is 8.16. The van der Waals surface area contributed by atoms with Crippen LogP contribution in [0.4, 0.5) is 0 Å². The average Bonchev–Trinajstić information content (AvgIpc) is 3.16. The van der Waals surface area contributed by atoms with Crippen LogP contribution in [0.1, 0.15) is 24.3 Å². The molecule has 1 aliphatic rings. The van der Waals surface area contributed by atoms with Crippen LogP contribution >= 0.6 is 11.6 Å². The van der Waals surface area contributed by atoms with E-state index in [2.05, 4.69) is 4.98 Å². The molecule has 1 fully saturated rings. The van der Waals surface area contributed by atoms with Gasteiger partial charge in [-0.15, -0.1) is 0 Å². The van der Waals surface area contributed by atoms with Gasteiger partial charge in [0.05, 0.1) is 12.5 Å². The molecule has 1 atom stereocenters. The van der Waals surface area contributed by atoms with Crippen LogP contribution in [0.5, 0.6) is 0 Å². The number of piperidine rings is 1. The number of carbonyl (C=O) groups excluding carboxylic acids is 2. The normalized spacial score (nSPS) is 16.8. The molecule has 156 valence electrons. The summed E-state index contributed by atoms with van der Waals surface area (Å²) >= 11 is 5.93. The number of hydrogen-bond acceptors (Lipinski definition) is 4. The summed E-state index contributed by atoms with van der Waals surface area (Å²) in [7, 11) is 1.76. The first-order chi connectivity index (χ1) is 14.5. The van der Waals surface area contributed by atoms with E-state index < -0.39 is 0 Å². The number of para-hydroxylation sites is 2. The first-order valence-electron chi connectivity index (χ1n) is 10.1. The highest BCUT2D eigenvalue weighted by Gasteiger charge is 2.32. The number of amides is 2. The number of carbonyl (C=O) groups is 2. The third-order valence-electron chi connectivity index (χ3n) is 5.52. The summed E-state index contributed by atoms with van der Waals surface area (Å²) in [4.78, 5) is 33.2. The highest BCUT2D eigenvalue weighted by Crippen LogP contribution is 2.22. The van der Waals surface area contributed by atoms with E-state index in [0.717, 1.165) is 17.5 Å². The fourth-order valence-electron chi connectivity index (χ4n) is 3.83. The van der Waals surface area contributed by atoms with Crippen molar-refractivity contribution in [3.05, 3.63) is 65.0 Å². The molecular weight excluding hydrogens is 402 g/mol. The highest BCUT2D eigenvalue weighted by molar-refractivity contribution is 6.30. The number of oxazole rings is 1. The van der Waals surface area contributed by atoms with Gasteiger partial charge in [-0.25, -0.2) is 4.98 Å². The molecule has 0 spiro atoms. The van der Waals surface area contributed by atoms with Gasteiger partial charge in [0, 0.05) is 31.6 Å². The van der Waals surface area contributed by atoms with Crippen molar-refractivity contribution in [2.24, 2.45) is 5.92 Å². The molecule has 3 aromatic rings. The summed E-state index contributed by atoms with van der Waals surface area (Å²) in [6.07, 6.45) is 1.71. The van der Waals surface area contributed by atoms with Gasteiger partial charge in [0.15, 0.2) is 5.58 Å². The molecule has 2 amide bonds. The van der Waals surface area contributed by atoms with Crippen LogP contribution in [-0.2, 0) is 22.6 Å². The molecule has 4 rings (SSSR count). The van der Waals surface area contributed by atoms with Crippen LogP contribution in [0.25, 0.3) is 11.1 Å². The maximum absolute atomic E-state index is 13.0. The van der Waals surface area contributed by atoms with Crippen molar-refractivity contribution in [3.63, 3.8) is 0 Å². The van der Waals surface area contributed by atoms with Gasteiger partial charge in [-0.05, 0) is 42.7 Å². The molecular formula is C23H24ClN3O3. The van der Waals surface area contributed by atoms with Crippen molar-refractivity contribution in [2.75, 3.05) is 20.1 Å². The van der Waals surface area contributed by atoms with Crippen molar-refractivity contribution in [3.8, 4) is 0 Å². The number of aromatic nitrogens is 1. The lowest BCUT2D eigenvalue weighted by molar-refractivity contribution is -0.142. The van der Waals surface area contributed by atoms with Crippen LogP contribution in [-0.4, -0.2) is 46.7 Å². The Balaban J connectivity index is 1.35. The Labute approximate surface area is 180 Å². The molecule has 0 bridgehead atoms. The molecule has 0 saturated carbocycles. The second kappa shape index (κ2) is 8.88. The van der Waals surface area contributed by atoms with E-state index in [4.69, 9.17) is 16.0 Å². The average molecular weight is 426 g/mol. The van der Waals surface area contributed by atoms with Crippen LogP contribution in [0.2, 0.25) is 5.02 Å². The second-order valence-electron chi connectivity index (χ2n) is 7.72. The minimum absolute atomic E-state index is 0.0150. The Morgan fingerprint density at radius 1 is 1.23 bits per heavy atom. The summed E-state index contributed by atoms with van der Waals surface area (Å²) in [5, 5.41) is 0.695. The van der Waals surface area contributed by atoms with E-state index in [-0.39, 0.29) is 17.7 Å². The Hall–Kier alpha value is -2.86. The zero-order valence-corrected chi connectivity index (χ0v) is 17.6. The smallest absolute Gasteiger partial charge is 0.227 e. The van der Waals surface area contributed by atoms with Gasteiger partial charge in [0.1, 0.15) is 5.52 Å². The van der Waals surface area contributed by atoms with Crippen molar-refractivity contribution < 1.29 is 14.0 Å². The van der Waals surface area contributed by atoms with Crippen molar-refractivity contribution in [2.45, 2.75) is 25.8 Å². The van der Waals surface area contributed by atoms with Gasteiger partial charge in [-0.3, -0.25) is 9.59 Å². The maximum atomic E-state index is 13.0. The van der Waals surface area contributed by atoms with E-state index in [1.807, 2.05) is 48.5 Å². The predicted octanol–water partition coefficient (Wildman–Crippen LogP) is 3.92. The number of likely N-dealkylation sites (tertiary alicyclic amines) is 1. The standard InChI is InChI=1S/C23H24ClN3O3/c1-26(15-21-25-19-4-2-3-5-20(19)30-21)23(29)17-8-11-22(28)27(14-17)13-12-16-6-9-18(24)10-7-16/h2-7,9-10,17H,8,11-15H2,1H3/t17-/m0/s1. The molecule has 30 heavy (non-hydrogen) atoms. The van der Waals surface area contributed by atoms with Crippen LogP contribution in [0.15, 0.2) is 52.9 Å². The maximum Gasteiger partial charge on any atom is 0.227 e. The summed E-state index contributed by atoms with van der Waals surface area (Å²) < 4.78 is 5.73. The third kappa shape index (κ3) is 4.65. The van der Waals surface area contributed by atoms with Gasteiger partial charge < -0.3 is 14.2 Å². The minimum Gasteiger partial charge on any atom is -0.439 e. The SMILES string of the molecule is CN(Cc1nc2ccccc2o1)C(=O)[C@H]1CCC(=O)N(CCc2ccc(Cl)cc2)C1. The quantitative estimate of drug-likeness (QED) is 0.600. The molecule has 0 radical (unpaired) electrons. The summed E-state index contributed by atoms with van der Waals surface area (Å²) in [6, 6.07) is 15.2. The number of fused-ring (bicyclic) bond motifs is 1. The summed E-state index contributed by atoms with van der Waals surface area (Å²) in [5.41, 5.74) is 2.61. The Morgan fingerprint density at radius 3 is 2.77 bits per heavy atom. The van der Waals surface area contributed by atoms with E-state index in [1.54, 1.807) is 16.8 Å². The Kier molecular flexibility index (Phi) is 6.04. The van der Waals surface area contributed by atoms with E-state index in [9.17, 15) is 9.59 Å². The van der Waals surface area contributed by atoms with E-state index in [0.29, 0.717) is 49.0 Å². The molecule has 2 heterocycles. The largest absolute Gasteiger partial charge is 0.439 e. The number of halogens is 1. The Morgan fingerprint density at radius 2 is 2.00 bits per heavy atom. The van der Waals surface area contributed by atoms with Crippen molar-refractivity contribution >= 4 is 34.5 Å². The third-order valence-corrected chi connectivity index (χ3v) is 5.77. The fourth-order valence-corrected chi connectivity index (χ4v) is 3.95. The molecule has 1 saturated heterocycles. The molecule has 6 nitrogen and oxygen atoms in total. The zero-order valence-electron chi connectivity index (χ0n) is 16.9. The monoisotopic (exact) mass is 425 g/mol. The van der Waals surface area contributed by atoms with Gasteiger partial charge in [-0.1, -0.05) is 35.9 Å². The fraction of sp³-hybridized carbons (Fsp3) is 0.348. The van der Waals surface area contributed by atoms with Crippen molar-refractivity contribution in [1.82, 2.24) is 14.8 Å². The van der Waals surface area contributed by atoms with Crippen LogP contribution in [0, 0.1) is 5.92 Å². The Bertz CT molecular complexity index is 1010. The molecule has 1 aliphatic heterocycles. The molecule has 2 aromatic carbocycles. The number of nitrogens with zero attached hydrogens (tertiary/aromatic N) is 3. The molecule has 0 aliphatic carbocycles. The minimum atomic E-state index is -0.206. The molecule has 1 aromatic heterocycles. The number of hydrogen-bond donors (Lipinski definition) is 0. The first kappa shape index (κ1) is 20.4.